The maximum atomic E-state index is 5.49. The van der Waals surface area contributed by atoms with E-state index in [1.165, 1.54) is 29.3 Å². The van der Waals surface area contributed by atoms with Gasteiger partial charge in [-0.3, -0.25) is 0 Å². The topological polar surface area (TPSA) is 55.1 Å². The van der Waals surface area contributed by atoms with Crippen molar-refractivity contribution in [2.24, 2.45) is 0 Å². The van der Waals surface area contributed by atoms with Crippen LogP contribution in [0.4, 0.5) is 0 Å². The number of hydrogen-bond acceptors (Lipinski definition) is 5. The van der Waals surface area contributed by atoms with E-state index >= 15 is 0 Å². The van der Waals surface area contributed by atoms with E-state index in [0.717, 1.165) is 29.6 Å². The first-order chi connectivity index (χ1) is 12.8. The summed E-state index contributed by atoms with van der Waals surface area (Å²) in [5.41, 5.74) is 5.99. The molecule has 3 heterocycles. The van der Waals surface area contributed by atoms with E-state index in [2.05, 4.69) is 63.3 Å². The molecule has 5 nitrogen and oxygen atoms in total. The first-order valence-electron chi connectivity index (χ1n) is 8.69. The standard InChI is InChI=1S/C21H18N4O/c1-25-10-17-9-16(21-23-12-22-13-24-21)2-4-18(17)19(11-25)14-3-5-20-15(8-14)6-7-26-20/h2-9,12-13,19H,10-11H2,1H3. The van der Waals surface area contributed by atoms with Crippen LogP contribution in [0.2, 0.25) is 0 Å². The fraction of sp³-hybridized carbons (Fsp3) is 0.190. The molecule has 0 amide bonds. The molecule has 2 aromatic heterocycles. The number of aromatic nitrogens is 3. The molecule has 0 bridgehead atoms. The first kappa shape index (κ1) is 15.2. The van der Waals surface area contributed by atoms with E-state index in [-0.39, 0.29) is 0 Å². The second-order valence-corrected chi connectivity index (χ2v) is 6.84. The molecule has 5 heteroatoms. The van der Waals surface area contributed by atoms with E-state index in [4.69, 9.17) is 4.42 Å². The van der Waals surface area contributed by atoms with Gasteiger partial charge >= 0.3 is 0 Å². The SMILES string of the molecule is CN1Cc2cc(-c3ncncn3)ccc2C(c2ccc3occc3c2)C1. The molecule has 4 aromatic rings. The lowest BCUT2D eigenvalue weighted by Crippen LogP contribution is -2.31. The third-order valence-corrected chi connectivity index (χ3v) is 5.08. The lowest BCUT2D eigenvalue weighted by atomic mass is 9.83. The van der Waals surface area contributed by atoms with Crippen LogP contribution in [0, 0.1) is 0 Å². The molecule has 5 rings (SSSR count). The van der Waals surface area contributed by atoms with Gasteiger partial charge in [0.2, 0.25) is 0 Å². The van der Waals surface area contributed by atoms with Crippen molar-refractivity contribution in [2.75, 3.05) is 13.6 Å². The Labute approximate surface area is 151 Å². The largest absolute Gasteiger partial charge is 0.464 e. The van der Waals surface area contributed by atoms with Gasteiger partial charge in [-0.15, -0.1) is 0 Å². The van der Waals surface area contributed by atoms with Crippen LogP contribution in [0.1, 0.15) is 22.6 Å². The molecule has 0 aliphatic carbocycles. The predicted molar refractivity (Wildman–Crippen MR) is 99.7 cm³/mol. The van der Waals surface area contributed by atoms with Crippen LogP contribution in [-0.4, -0.2) is 33.4 Å². The molecule has 1 aliphatic rings. The summed E-state index contributed by atoms with van der Waals surface area (Å²) in [4.78, 5) is 14.8. The lowest BCUT2D eigenvalue weighted by Gasteiger charge is -2.33. The summed E-state index contributed by atoms with van der Waals surface area (Å²) in [7, 11) is 2.17. The minimum Gasteiger partial charge on any atom is -0.464 e. The summed E-state index contributed by atoms with van der Waals surface area (Å²) < 4.78 is 5.49. The third-order valence-electron chi connectivity index (χ3n) is 5.08. The third kappa shape index (κ3) is 2.57. The van der Waals surface area contributed by atoms with Gasteiger partial charge in [0.25, 0.3) is 0 Å². The Morgan fingerprint density at radius 1 is 1.04 bits per heavy atom. The second-order valence-electron chi connectivity index (χ2n) is 6.84. The molecular formula is C21H18N4O. The Hall–Kier alpha value is -3.05. The van der Waals surface area contributed by atoms with Crippen LogP contribution in [-0.2, 0) is 6.54 Å². The van der Waals surface area contributed by atoms with E-state index in [1.807, 2.05) is 6.07 Å². The number of rotatable bonds is 2. The average molecular weight is 342 g/mol. The fourth-order valence-electron chi connectivity index (χ4n) is 3.86. The van der Waals surface area contributed by atoms with Gasteiger partial charge in [-0.05, 0) is 48.0 Å². The minimum atomic E-state index is 0.343. The first-order valence-corrected chi connectivity index (χ1v) is 8.69. The highest BCUT2D eigenvalue weighted by Gasteiger charge is 2.25. The van der Waals surface area contributed by atoms with Gasteiger partial charge in [0.15, 0.2) is 5.82 Å². The predicted octanol–water partition coefficient (Wildman–Crippen LogP) is 3.86. The number of nitrogens with zero attached hydrogens (tertiary/aromatic N) is 4. The van der Waals surface area contributed by atoms with Crippen molar-refractivity contribution in [2.45, 2.75) is 12.5 Å². The van der Waals surface area contributed by atoms with Crippen molar-refractivity contribution in [1.82, 2.24) is 19.9 Å². The van der Waals surface area contributed by atoms with Crippen LogP contribution in [0.5, 0.6) is 0 Å². The fourth-order valence-corrected chi connectivity index (χ4v) is 3.86. The van der Waals surface area contributed by atoms with Gasteiger partial charge in [0.05, 0.1) is 6.26 Å². The van der Waals surface area contributed by atoms with Crippen molar-refractivity contribution in [1.29, 1.82) is 0 Å². The molecular weight excluding hydrogens is 324 g/mol. The summed E-state index contributed by atoms with van der Waals surface area (Å²) in [5, 5.41) is 1.15. The molecule has 0 spiro atoms. The lowest BCUT2D eigenvalue weighted by molar-refractivity contribution is 0.295. The normalized spacial score (nSPS) is 17.3. The van der Waals surface area contributed by atoms with Crippen LogP contribution in [0.3, 0.4) is 0 Å². The van der Waals surface area contributed by atoms with Gasteiger partial charge in [0, 0.05) is 30.0 Å². The quantitative estimate of drug-likeness (QED) is 0.554. The maximum absolute atomic E-state index is 5.49. The van der Waals surface area contributed by atoms with Gasteiger partial charge in [-0.1, -0.05) is 18.2 Å². The van der Waals surface area contributed by atoms with E-state index in [9.17, 15) is 0 Å². The van der Waals surface area contributed by atoms with E-state index in [0.29, 0.717) is 11.7 Å². The highest BCUT2D eigenvalue weighted by Crippen LogP contribution is 2.36. The van der Waals surface area contributed by atoms with Crippen molar-refractivity contribution in [3.63, 3.8) is 0 Å². The highest BCUT2D eigenvalue weighted by molar-refractivity contribution is 5.78. The molecule has 0 saturated heterocycles. The summed E-state index contributed by atoms with van der Waals surface area (Å²) >= 11 is 0. The van der Waals surface area contributed by atoms with Crippen molar-refractivity contribution >= 4 is 11.0 Å². The zero-order valence-electron chi connectivity index (χ0n) is 14.5. The van der Waals surface area contributed by atoms with Crippen molar-refractivity contribution in [3.05, 3.63) is 78.1 Å². The van der Waals surface area contributed by atoms with Crippen LogP contribution < -0.4 is 0 Å². The van der Waals surface area contributed by atoms with Crippen molar-refractivity contribution in [3.8, 4) is 11.4 Å². The van der Waals surface area contributed by atoms with Gasteiger partial charge < -0.3 is 9.32 Å². The molecule has 2 aromatic carbocycles. The second kappa shape index (κ2) is 6.04. The van der Waals surface area contributed by atoms with Crippen LogP contribution >= 0.6 is 0 Å². The van der Waals surface area contributed by atoms with Gasteiger partial charge in [0.1, 0.15) is 18.2 Å². The number of hydrogen-bond donors (Lipinski definition) is 0. The monoisotopic (exact) mass is 342 g/mol. The number of fused-ring (bicyclic) bond motifs is 2. The smallest absolute Gasteiger partial charge is 0.162 e. The molecule has 1 unspecified atom stereocenters. The number of likely N-dealkylation sites (N-methyl/N-ethyl adjacent to an activating group) is 1. The molecule has 1 aliphatic heterocycles. The van der Waals surface area contributed by atoms with Crippen LogP contribution in [0.15, 0.2) is 65.8 Å². The van der Waals surface area contributed by atoms with E-state index in [1.54, 1.807) is 6.26 Å². The maximum Gasteiger partial charge on any atom is 0.162 e. The molecule has 26 heavy (non-hydrogen) atoms. The Morgan fingerprint density at radius 2 is 1.92 bits per heavy atom. The number of furan rings is 1. The summed E-state index contributed by atoms with van der Waals surface area (Å²) in [6.45, 7) is 1.93. The van der Waals surface area contributed by atoms with Gasteiger partial charge in [-0.2, -0.15) is 0 Å². The Balaban J connectivity index is 1.59. The Morgan fingerprint density at radius 3 is 2.81 bits per heavy atom. The zero-order valence-corrected chi connectivity index (χ0v) is 14.5. The Kier molecular flexibility index (Phi) is 3.53. The molecule has 128 valence electrons. The Bertz CT molecular complexity index is 1070. The summed E-state index contributed by atoms with van der Waals surface area (Å²) in [6.07, 6.45) is 4.82. The molecule has 0 saturated carbocycles. The van der Waals surface area contributed by atoms with Gasteiger partial charge in [-0.25, -0.2) is 15.0 Å². The molecule has 0 fully saturated rings. The molecule has 0 N–H and O–H groups in total. The summed E-state index contributed by atoms with van der Waals surface area (Å²) in [6, 6.07) is 15.1. The minimum absolute atomic E-state index is 0.343. The van der Waals surface area contributed by atoms with Crippen molar-refractivity contribution < 1.29 is 4.42 Å². The molecule has 1 atom stereocenters. The molecule has 0 radical (unpaired) electrons. The highest BCUT2D eigenvalue weighted by atomic mass is 16.3. The van der Waals surface area contributed by atoms with E-state index < -0.39 is 0 Å². The number of benzene rings is 2. The summed E-state index contributed by atoms with van der Waals surface area (Å²) in [5.74, 6) is 1.06. The van der Waals surface area contributed by atoms with Crippen LogP contribution in [0.25, 0.3) is 22.4 Å². The average Bonchev–Trinajstić information content (AvgIpc) is 3.15. The zero-order chi connectivity index (χ0) is 17.5.